The Morgan fingerprint density at radius 2 is 1.30 bits per heavy atom. The average Bonchev–Trinajstić information content (AvgIpc) is 2.93. The van der Waals surface area contributed by atoms with Gasteiger partial charge in [0.05, 0.1) is 7.11 Å². The first-order valence-corrected chi connectivity index (χ1v) is 11.8. The van der Waals surface area contributed by atoms with E-state index in [1.807, 2.05) is 0 Å². The number of esters is 1. The van der Waals surface area contributed by atoms with E-state index in [4.69, 9.17) is 9.30 Å². The maximum absolute atomic E-state index is 10.7. The minimum atomic E-state index is -0.579. The van der Waals surface area contributed by atoms with E-state index in [0.29, 0.717) is 0 Å². The molecule has 3 radical (unpaired) electrons. The average molecular weight is 559 g/mol. The number of nitrogens with zero attached hydrogens (tertiary/aromatic N) is 1. The van der Waals surface area contributed by atoms with Crippen molar-refractivity contribution in [3.63, 3.8) is 0 Å². The Kier molecular flexibility index (Phi) is 22.6. The van der Waals surface area contributed by atoms with Crippen molar-refractivity contribution in [1.82, 2.24) is 0 Å². The van der Waals surface area contributed by atoms with Gasteiger partial charge in [-0.3, -0.25) is 21.3 Å². The first kappa shape index (κ1) is 36.0. The monoisotopic (exact) mass is 559 g/mol. The molecule has 0 aliphatic carbocycles. The minimum absolute atomic E-state index is 0. The van der Waals surface area contributed by atoms with E-state index in [-0.39, 0.29) is 23.6 Å². The van der Waals surface area contributed by atoms with Crippen LogP contribution in [0.5, 0.6) is 0 Å². The molecule has 37 heavy (non-hydrogen) atoms. The van der Waals surface area contributed by atoms with Crippen molar-refractivity contribution in [3.05, 3.63) is 141 Å². The normalized spacial score (nSPS) is 9.70. The summed E-state index contributed by atoms with van der Waals surface area (Å²) >= 11 is 0. The predicted molar refractivity (Wildman–Crippen MR) is 139 cm³/mol. The molecule has 0 spiro atoms. The van der Waals surface area contributed by atoms with Crippen molar-refractivity contribution in [2.24, 2.45) is 5.92 Å². The second-order valence-corrected chi connectivity index (χ2v) is 8.86. The molecule has 0 unspecified atom stereocenters. The van der Waals surface area contributed by atoms with Crippen molar-refractivity contribution in [3.8, 4) is 0 Å². The number of carbonyl (C=O) groups is 1. The third-order valence-electron chi connectivity index (χ3n) is 4.34. The molecule has 9 heteroatoms. The van der Waals surface area contributed by atoms with Gasteiger partial charge < -0.3 is 4.74 Å². The molecule has 191 valence electrons. The molecule has 0 N–H and O–H groups in total. The van der Waals surface area contributed by atoms with E-state index in [2.05, 4.69) is 116 Å². The Morgan fingerprint density at radius 3 is 1.57 bits per heavy atom. The summed E-state index contributed by atoms with van der Waals surface area (Å²) in [5.41, 5.74) is 0. The molecule has 0 aliphatic rings. The summed E-state index contributed by atoms with van der Waals surface area (Å²) in [5.74, 6) is -1.13. The van der Waals surface area contributed by atoms with Gasteiger partial charge in [0.2, 0.25) is 0 Å². The van der Waals surface area contributed by atoms with Crippen molar-refractivity contribution in [2.45, 2.75) is 0 Å². The fraction of sp³-hybridized carbons (Fsp3) is 0.107. The number of benzene rings is 3. The molecule has 3 aromatic carbocycles. The zero-order valence-corrected chi connectivity index (χ0v) is 22.1. The van der Waals surface area contributed by atoms with Crippen LogP contribution in [-0.4, -0.2) is 24.5 Å². The third kappa shape index (κ3) is 14.9. The molecule has 0 fully saturated rings. The minimum Gasteiger partial charge on any atom is -0.491 e. The van der Waals surface area contributed by atoms with Crippen LogP contribution < -0.4 is 15.9 Å². The van der Waals surface area contributed by atoms with Gasteiger partial charge in [0, 0.05) is 4.92 Å². The number of hydrogen-bond acceptors (Lipinski definition) is 4. The van der Waals surface area contributed by atoms with Crippen molar-refractivity contribution < 1.29 is 40.8 Å². The Hall–Kier alpha value is -3.17. The summed E-state index contributed by atoms with van der Waals surface area (Å²) in [6, 6.07) is 32.3. The second-order valence-electron chi connectivity index (χ2n) is 6.64. The van der Waals surface area contributed by atoms with E-state index in [1.165, 1.54) is 35.9 Å². The zero-order chi connectivity index (χ0) is 27.2. The maximum Gasteiger partial charge on any atom is 2.00 e. The molecule has 3 rings (SSSR count). The van der Waals surface area contributed by atoms with Gasteiger partial charge in [0.25, 0.3) is 0 Å². The Morgan fingerprint density at radius 1 is 0.946 bits per heavy atom. The zero-order valence-electron chi connectivity index (χ0n) is 20.1. The molecule has 1 atom stereocenters. The van der Waals surface area contributed by atoms with Crippen molar-refractivity contribution in [2.75, 3.05) is 13.7 Å². The van der Waals surface area contributed by atoms with Crippen molar-refractivity contribution >= 4 is 29.8 Å². The van der Waals surface area contributed by atoms with Gasteiger partial charge in [0.1, 0.15) is 0 Å². The fourth-order valence-corrected chi connectivity index (χ4v) is 5.24. The fourth-order valence-electron chi connectivity index (χ4n) is 2.94. The standard InChI is InChI=1S/C18H15P.C8H11NO4.2CO.Fe/c1-4-10-16(11-5-1)19(17-12-6-2-7-13-17)18-14-8-3-9-15-18;1-3-4-7(6-9(11)12)5-8(10)13-2;2*1-2;/h1-15H;3-5,7H,1,6H2,2H3;;;/q;-1;;;+2/t;7-;;;/m.0.../s1. The van der Waals surface area contributed by atoms with Crippen LogP contribution in [0.4, 0.5) is 0 Å². The topological polar surface area (TPSA) is 109 Å². The number of nitro groups is 1. The van der Waals surface area contributed by atoms with Gasteiger partial charge in [-0.2, -0.15) is 0 Å². The maximum atomic E-state index is 10.7. The van der Waals surface area contributed by atoms with Crippen LogP contribution >= 0.6 is 7.92 Å². The van der Waals surface area contributed by atoms with E-state index < -0.39 is 24.7 Å². The first-order chi connectivity index (χ1) is 17.5. The molecule has 0 saturated heterocycles. The Bertz CT molecular complexity index is 933. The molecule has 3 aromatic rings. The number of hydrogen-bond donors (Lipinski definition) is 0. The van der Waals surface area contributed by atoms with E-state index in [9.17, 15) is 14.9 Å². The summed E-state index contributed by atoms with van der Waals surface area (Å²) in [4.78, 5) is 20.4. The summed E-state index contributed by atoms with van der Waals surface area (Å²) in [5, 5.41) is 14.3. The molecular formula is C28H26FeNO6P+. The van der Waals surface area contributed by atoms with Gasteiger partial charge in [0.15, 0.2) is 12.5 Å². The number of rotatable bonds is 9. The SMILES string of the molecule is [C-]#[O+].[C-]#[O+].[CH2][CH][CH][C@@H]([CH-]C(=O)OC)C[N+](=O)[O-].[Fe+2].c1ccc(P(c2ccccc2)c2ccccc2)cc1. The van der Waals surface area contributed by atoms with Crippen LogP contribution in [0.25, 0.3) is 0 Å². The van der Waals surface area contributed by atoms with Gasteiger partial charge >= 0.3 is 39.7 Å². The van der Waals surface area contributed by atoms with Crippen LogP contribution in [0.1, 0.15) is 0 Å². The summed E-state index contributed by atoms with van der Waals surface area (Å²) in [6.07, 6.45) is 4.03. The smallest absolute Gasteiger partial charge is 0.491 e. The molecule has 0 heterocycles. The van der Waals surface area contributed by atoms with E-state index in [0.717, 1.165) is 6.42 Å². The van der Waals surface area contributed by atoms with Crippen LogP contribution in [0.15, 0.2) is 91.0 Å². The molecule has 0 aliphatic heterocycles. The Balaban J connectivity index is 0. The van der Waals surface area contributed by atoms with Crippen LogP contribution in [0.2, 0.25) is 0 Å². The number of carbonyl (C=O) groups excluding carboxylic acids is 1. The predicted octanol–water partition coefficient (Wildman–Crippen LogP) is 3.87. The van der Waals surface area contributed by atoms with Crippen LogP contribution in [0, 0.1) is 55.5 Å². The summed E-state index contributed by atoms with van der Waals surface area (Å²) in [6.45, 7) is 12.1. The molecule has 0 bridgehead atoms. The molecule has 0 saturated carbocycles. The van der Waals surface area contributed by atoms with Crippen molar-refractivity contribution in [1.29, 1.82) is 0 Å². The van der Waals surface area contributed by atoms with Gasteiger partial charge in [-0.05, 0) is 37.2 Å². The number of methoxy groups -OCH3 is 1. The second kappa shape index (κ2) is 23.2. The van der Waals surface area contributed by atoms with E-state index in [1.54, 1.807) is 0 Å². The molecule has 7 nitrogen and oxygen atoms in total. The largest absolute Gasteiger partial charge is 2.00 e. The van der Waals surface area contributed by atoms with Gasteiger partial charge in [-0.1, -0.05) is 103 Å². The molecular weight excluding hydrogens is 533 g/mol. The molecule has 0 amide bonds. The first-order valence-electron chi connectivity index (χ1n) is 10.4. The third-order valence-corrected chi connectivity index (χ3v) is 6.78. The summed E-state index contributed by atoms with van der Waals surface area (Å²) < 4.78 is 19.3. The van der Waals surface area contributed by atoms with Gasteiger partial charge in [-0.25, -0.2) is 0 Å². The quantitative estimate of drug-likeness (QED) is 0.0755. The van der Waals surface area contributed by atoms with E-state index >= 15 is 0 Å². The molecule has 0 aromatic heterocycles. The number of ether oxygens (including phenoxy) is 1. The van der Waals surface area contributed by atoms with Gasteiger partial charge in [-0.15, -0.1) is 0 Å². The van der Waals surface area contributed by atoms with Crippen LogP contribution in [-0.2, 0) is 35.9 Å². The summed E-state index contributed by atoms with van der Waals surface area (Å²) in [7, 11) is 0.772. The van der Waals surface area contributed by atoms with Crippen LogP contribution in [0.3, 0.4) is 0 Å². The Labute approximate surface area is 230 Å².